The van der Waals surface area contributed by atoms with Crippen LogP contribution in [0.4, 0.5) is 0 Å². The van der Waals surface area contributed by atoms with Crippen LogP contribution in [0.25, 0.3) is 0 Å². The zero-order chi connectivity index (χ0) is 7.68. The molecule has 2 heteroatoms. The van der Waals surface area contributed by atoms with Gasteiger partial charge >= 0.3 is 0 Å². The Kier molecular flexibility index (Phi) is 2.14. The third-order valence-electron chi connectivity index (χ3n) is 3.10. The molecule has 1 saturated carbocycles. The number of hydrogen-bond donors (Lipinski definition) is 1. The van der Waals surface area contributed by atoms with Crippen LogP contribution in [0.3, 0.4) is 0 Å². The Balaban J connectivity index is 1.88. The summed E-state index contributed by atoms with van der Waals surface area (Å²) < 4.78 is 0. The Bertz CT molecular complexity index is 130. The summed E-state index contributed by atoms with van der Waals surface area (Å²) in [4.78, 5) is 2.68. The highest BCUT2D eigenvalue weighted by molar-refractivity contribution is 4.86. The molecule has 1 aliphatic carbocycles. The van der Waals surface area contributed by atoms with E-state index in [9.17, 15) is 0 Å². The fraction of sp³-hybridized carbons (Fsp3) is 1.00. The Morgan fingerprint density at radius 1 is 1.36 bits per heavy atom. The van der Waals surface area contributed by atoms with E-state index < -0.39 is 0 Å². The molecule has 1 saturated heterocycles. The van der Waals surface area contributed by atoms with Crippen LogP contribution in [0.15, 0.2) is 0 Å². The molecule has 0 radical (unpaired) electrons. The Morgan fingerprint density at radius 2 is 2.18 bits per heavy atom. The predicted molar refractivity (Wildman–Crippen MR) is 46.7 cm³/mol. The molecule has 0 unspecified atom stereocenters. The van der Waals surface area contributed by atoms with Crippen molar-refractivity contribution in [2.45, 2.75) is 38.3 Å². The van der Waals surface area contributed by atoms with Crippen molar-refractivity contribution in [1.29, 1.82) is 0 Å². The van der Waals surface area contributed by atoms with Crippen molar-refractivity contribution in [3.8, 4) is 0 Å². The van der Waals surface area contributed by atoms with Crippen LogP contribution in [-0.2, 0) is 0 Å². The second-order valence-electron chi connectivity index (χ2n) is 3.88. The molecular weight excluding hydrogens is 136 g/mol. The first-order valence-corrected chi connectivity index (χ1v) is 4.84. The molecule has 0 aromatic rings. The van der Waals surface area contributed by atoms with Gasteiger partial charge in [0.25, 0.3) is 0 Å². The van der Waals surface area contributed by atoms with Gasteiger partial charge in [-0.05, 0) is 19.8 Å². The molecule has 2 fully saturated rings. The highest BCUT2D eigenvalue weighted by Gasteiger charge is 2.29. The summed E-state index contributed by atoms with van der Waals surface area (Å²) in [5.74, 6) is 0. The summed E-state index contributed by atoms with van der Waals surface area (Å²) in [6.45, 7) is 5.99. The van der Waals surface area contributed by atoms with E-state index >= 15 is 0 Å². The van der Waals surface area contributed by atoms with Gasteiger partial charge in [-0.3, -0.25) is 4.90 Å². The molecule has 11 heavy (non-hydrogen) atoms. The van der Waals surface area contributed by atoms with Crippen molar-refractivity contribution >= 4 is 0 Å². The highest BCUT2D eigenvalue weighted by atomic mass is 15.2. The van der Waals surface area contributed by atoms with Crippen LogP contribution in [0, 0.1) is 0 Å². The van der Waals surface area contributed by atoms with Crippen LogP contribution < -0.4 is 5.32 Å². The van der Waals surface area contributed by atoms with Gasteiger partial charge in [0.1, 0.15) is 0 Å². The third-order valence-corrected chi connectivity index (χ3v) is 3.10. The summed E-state index contributed by atoms with van der Waals surface area (Å²) in [6, 6.07) is 1.71. The second-order valence-corrected chi connectivity index (χ2v) is 3.88. The number of nitrogens with zero attached hydrogens (tertiary/aromatic N) is 1. The van der Waals surface area contributed by atoms with Gasteiger partial charge in [-0.2, -0.15) is 0 Å². The smallest absolute Gasteiger partial charge is 0.0195 e. The van der Waals surface area contributed by atoms with E-state index in [-0.39, 0.29) is 0 Å². The van der Waals surface area contributed by atoms with Crippen molar-refractivity contribution < 1.29 is 0 Å². The molecule has 2 nitrogen and oxygen atoms in total. The monoisotopic (exact) mass is 154 g/mol. The Labute approximate surface area is 69.0 Å². The maximum absolute atomic E-state index is 3.43. The van der Waals surface area contributed by atoms with Crippen molar-refractivity contribution in [2.24, 2.45) is 0 Å². The van der Waals surface area contributed by atoms with Gasteiger partial charge in [-0.25, -0.2) is 0 Å². The molecule has 64 valence electrons. The minimum absolute atomic E-state index is 0.772. The molecule has 0 amide bonds. The predicted octanol–water partition coefficient (Wildman–Crippen LogP) is 0.833. The first-order chi connectivity index (χ1) is 5.38. The molecule has 0 aromatic carbocycles. The van der Waals surface area contributed by atoms with E-state index in [2.05, 4.69) is 17.1 Å². The van der Waals surface area contributed by atoms with E-state index in [0.717, 1.165) is 12.1 Å². The van der Waals surface area contributed by atoms with Gasteiger partial charge in [0, 0.05) is 31.7 Å². The van der Waals surface area contributed by atoms with Crippen molar-refractivity contribution in [3.63, 3.8) is 0 Å². The fourth-order valence-electron chi connectivity index (χ4n) is 2.12. The molecule has 0 aromatic heterocycles. The van der Waals surface area contributed by atoms with E-state index in [0.29, 0.717) is 0 Å². The van der Waals surface area contributed by atoms with Crippen molar-refractivity contribution in [3.05, 3.63) is 0 Å². The van der Waals surface area contributed by atoms with Crippen molar-refractivity contribution in [1.82, 2.24) is 10.2 Å². The molecule has 2 aliphatic rings. The van der Waals surface area contributed by atoms with Gasteiger partial charge in [-0.15, -0.1) is 0 Å². The highest BCUT2D eigenvalue weighted by Crippen LogP contribution is 2.26. The normalized spacial score (nSPS) is 35.2. The molecule has 1 heterocycles. The van der Waals surface area contributed by atoms with Crippen LogP contribution in [0.5, 0.6) is 0 Å². The summed E-state index contributed by atoms with van der Waals surface area (Å²) in [6.07, 6.45) is 4.36. The lowest BCUT2D eigenvalue weighted by atomic mass is 9.90. The van der Waals surface area contributed by atoms with Crippen molar-refractivity contribution in [2.75, 3.05) is 19.6 Å². The van der Waals surface area contributed by atoms with Gasteiger partial charge in [-0.1, -0.05) is 6.42 Å². The van der Waals surface area contributed by atoms with Crippen LogP contribution >= 0.6 is 0 Å². The SMILES string of the molecule is C[C@H]1CNCCN1C1CCC1. The number of nitrogens with one attached hydrogen (secondary N) is 1. The van der Waals surface area contributed by atoms with Gasteiger partial charge in [0.05, 0.1) is 0 Å². The standard InChI is InChI=1S/C9H18N2/c1-8-7-10-5-6-11(8)9-3-2-4-9/h8-10H,2-7H2,1H3/t8-/m0/s1. The van der Waals surface area contributed by atoms with Gasteiger partial charge in [0.15, 0.2) is 0 Å². The van der Waals surface area contributed by atoms with Gasteiger partial charge < -0.3 is 5.32 Å². The van der Waals surface area contributed by atoms with Crippen LogP contribution in [0.2, 0.25) is 0 Å². The van der Waals surface area contributed by atoms with E-state index in [1.54, 1.807) is 0 Å². The summed E-state index contributed by atoms with van der Waals surface area (Å²) >= 11 is 0. The number of piperazine rings is 1. The molecule has 0 bridgehead atoms. The topological polar surface area (TPSA) is 15.3 Å². The molecular formula is C9H18N2. The minimum atomic E-state index is 0.772. The third kappa shape index (κ3) is 1.42. The quantitative estimate of drug-likeness (QED) is 0.602. The lowest BCUT2D eigenvalue weighted by molar-refractivity contribution is 0.0690. The zero-order valence-electron chi connectivity index (χ0n) is 7.34. The largest absolute Gasteiger partial charge is 0.314 e. The minimum Gasteiger partial charge on any atom is -0.314 e. The van der Waals surface area contributed by atoms with Crippen LogP contribution in [0.1, 0.15) is 26.2 Å². The maximum Gasteiger partial charge on any atom is 0.0195 e. The molecule has 2 rings (SSSR count). The molecule has 1 aliphatic heterocycles. The summed E-state index contributed by atoms with van der Waals surface area (Å²) in [5.41, 5.74) is 0. The lowest BCUT2D eigenvalue weighted by Crippen LogP contribution is -2.55. The zero-order valence-corrected chi connectivity index (χ0v) is 7.34. The molecule has 1 N–H and O–H groups in total. The summed E-state index contributed by atoms with van der Waals surface area (Å²) in [5, 5.41) is 3.43. The number of hydrogen-bond acceptors (Lipinski definition) is 2. The Morgan fingerprint density at radius 3 is 2.73 bits per heavy atom. The maximum atomic E-state index is 3.43. The fourth-order valence-corrected chi connectivity index (χ4v) is 2.12. The van der Waals surface area contributed by atoms with Crippen LogP contribution in [-0.4, -0.2) is 36.6 Å². The summed E-state index contributed by atoms with van der Waals surface area (Å²) in [7, 11) is 0. The Hall–Kier alpha value is -0.0800. The number of rotatable bonds is 1. The molecule has 0 spiro atoms. The van der Waals surface area contributed by atoms with E-state index in [1.165, 1.54) is 38.9 Å². The first kappa shape index (κ1) is 7.56. The first-order valence-electron chi connectivity index (χ1n) is 4.84. The molecule has 1 atom stereocenters. The van der Waals surface area contributed by atoms with Gasteiger partial charge in [0.2, 0.25) is 0 Å². The van der Waals surface area contributed by atoms with E-state index in [4.69, 9.17) is 0 Å². The van der Waals surface area contributed by atoms with E-state index in [1.807, 2.05) is 0 Å². The lowest BCUT2D eigenvalue weighted by Gasteiger charge is -2.44. The second kappa shape index (κ2) is 3.11. The average molecular weight is 154 g/mol. The average Bonchev–Trinajstić information content (AvgIpc) is 1.90.